The second-order valence-electron chi connectivity index (χ2n) is 6.03. The summed E-state index contributed by atoms with van der Waals surface area (Å²) in [5.74, 6) is -0.332. The Morgan fingerprint density at radius 2 is 1.91 bits per heavy atom. The zero-order chi connectivity index (χ0) is 15.5. The van der Waals surface area contributed by atoms with Crippen LogP contribution in [-0.2, 0) is 0 Å². The van der Waals surface area contributed by atoms with Crippen molar-refractivity contribution < 1.29 is 9.18 Å². The third-order valence-corrected chi connectivity index (χ3v) is 4.56. The van der Waals surface area contributed by atoms with Crippen LogP contribution < -0.4 is 5.32 Å². The molecule has 1 fully saturated rings. The fourth-order valence-corrected chi connectivity index (χ4v) is 3.15. The van der Waals surface area contributed by atoms with Gasteiger partial charge in [-0.25, -0.2) is 9.18 Å². The standard InChI is InChI=1S/C17H22FN3O/c1-13-4-5-14(18)12-16(13)19-17(22)21-10-6-15(7-11-21)20-8-2-3-9-20/h2-5,12,15H,6-11H2,1H3,(H,19,22). The van der Waals surface area contributed by atoms with Gasteiger partial charge in [-0.3, -0.25) is 4.90 Å². The molecular weight excluding hydrogens is 281 g/mol. The summed E-state index contributed by atoms with van der Waals surface area (Å²) in [6.45, 7) is 5.42. The fraction of sp³-hybridized carbons (Fsp3) is 0.471. The van der Waals surface area contributed by atoms with E-state index in [1.165, 1.54) is 12.1 Å². The molecule has 3 rings (SSSR count). The highest BCUT2D eigenvalue weighted by molar-refractivity contribution is 5.90. The van der Waals surface area contributed by atoms with E-state index in [4.69, 9.17) is 0 Å². The first kappa shape index (κ1) is 15.0. The molecule has 2 aliphatic heterocycles. The van der Waals surface area contributed by atoms with Gasteiger partial charge in [0.15, 0.2) is 0 Å². The maximum atomic E-state index is 13.3. The Balaban J connectivity index is 1.54. The Labute approximate surface area is 130 Å². The van der Waals surface area contributed by atoms with Crippen LogP contribution in [0.25, 0.3) is 0 Å². The van der Waals surface area contributed by atoms with Crippen molar-refractivity contribution in [3.8, 4) is 0 Å². The van der Waals surface area contributed by atoms with Gasteiger partial charge in [0, 0.05) is 37.9 Å². The second-order valence-corrected chi connectivity index (χ2v) is 6.03. The molecule has 1 aromatic rings. The van der Waals surface area contributed by atoms with Crippen LogP contribution in [0.15, 0.2) is 30.4 Å². The number of likely N-dealkylation sites (tertiary alicyclic amines) is 1. The summed E-state index contributed by atoms with van der Waals surface area (Å²) in [7, 11) is 0. The summed E-state index contributed by atoms with van der Waals surface area (Å²) < 4.78 is 13.3. The van der Waals surface area contributed by atoms with Crippen LogP contribution in [0.2, 0.25) is 0 Å². The van der Waals surface area contributed by atoms with E-state index in [1.54, 1.807) is 6.07 Å². The second kappa shape index (κ2) is 6.48. The molecule has 0 spiro atoms. The molecule has 4 nitrogen and oxygen atoms in total. The monoisotopic (exact) mass is 303 g/mol. The number of nitrogens with zero attached hydrogens (tertiary/aromatic N) is 2. The predicted molar refractivity (Wildman–Crippen MR) is 85.5 cm³/mol. The smallest absolute Gasteiger partial charge is 0.321 e. The summed E-state index contributed by atoms with van der Waals surface area (Å²) in [5, 5.41) is 2.83. The lowest BCUT2D eigenvalue weighted by atomic mass is 10.0. The number of nitrogens with one attached hydrogen (secondary N) is 1. The Morgan fingerprint density at radius 1 is 1.23 bits per heavy atom. The highest BCUT2D eigenvalue weighted by Gasteiger charge is 2.27. The van der Waals surface area contributed by atoms with Crippen LogP contribution in [0.3, 0.4) is 0 Å². The van der Waals surface area contributed by atoms with Gasteiger partial charge >= 0.3 is 6.03 Å². The molecule has 2 heterocycles. The average molecular weight is 303 g/mol. The van der Waals surface area contributed by atoms with Crippen molar-refractivity contribution in [2.24, 2.45) is 0 Å². The van der Waals surface area contributed by atoms with Crippen LogP contribution >= 0.6 is 0 Å². The Bertz CT molecular complexity index is 571. The van der Waals surface area contributed by atoms with Crippen molar-refractivity contribution in [3.05, 3.63) is 41.7 Å². The maximum absolute atomic E-state index is 13.3. The van der Waals surface area contributed by atoms with Crippen LogP contribution in [0.4, 0.5) is 14.9 Å². The van der Waals surface area contributed by atoms with Crippen molar-refractivity contribution in [1.29, 1.82) is 0 Å². The van der Waals surface area contributed by atoms with Gasteiger partial charge in [-0.1, -0.05) is 18.2 Å². The third kappa shape index (κ3) is 3.30. The number of hydrogen-bond donors (Lipinski definition) is 1. The number of piperidine rings is 1. The average Bonchev–Trinajstić information content (AvgIpc) is 3.05. The van der Waals surface area contributed by atoms with Gasteiger partial charge in [-0.05, 0) is 37.5 Å². The molecule has 0 saturated carbocycles. The van der Waals surface area contributed by atoms with Gasteiger partial charge < -0.3 is 10.2 Å². The molecule has 1 aromatic carbocycles. The van der Waals surface area contributed by atoms with Crippen LogP contribution in [-0.4, -0.2) is 48.1 Å². The highest BCUT2D eigenvalue weighted by Crippen LogP contribution is 2.21. The van der Waals surface area contributed by atoms with Gasteiger partial charge in [-0.2, -0.15) is 0 Å². The lowest BCUT2D eigenvalue weighted by Crippen LogP contribution is -2.47. The minimum Gasteiger partial charge on any atom is -0.324 e. The molecule has 1 N–H and O–H groups in total. The molecule has 2 aliphatic rings. The normalized spacial score (nSPS) is 19.6. The molecular formula is C17H22FN3O. The molecule has 0 radical (unpaired) electrons. The first-order chi connectivity index (χ1) is 10.6. The maximum Gasteiger partial charge on any atom is 0.321 e. The predicted octanol–water partition coefficient (Wildman–Crippen LogP) is 3.00. The van der Waals surface area contributed by atoms with Gasteiger partial charge in [0.2, 0.25) is 0 Å². The van der Waals surface area contributed by atoms with Crippen LogP contribution in [0, 0.1) is 12.7 Å². The SMILES string of the molecule is Cc1ccc(F)cc1NC(=O)N1CCC(N2CC=CC2)CC1. The van der Waals surface area contributed by atoms with E-state index in [1.807, 2.05) is 11.8 Å². The van der Waals surface area contributed by atoms with Crippen molar-refractivity contribution in [2.45, 2.75) is 25.8 Å². The number of benzene rings is 1. The summed E-state index contributed by atoms with van der Waals surface area (Å²) in [6, 6.07) is 4.88. The van der Waals surface area contributed by atoms with Crippen molar-refractivity contribution in [2.75, 3.05) is 31.5 Å². The number of anilines is 1. The zero-order valence-corrected chi connectivity index (χ0v) is 12.9. The minimum atomic E-state index is -0.332. The number of carbonyl (C=O) groups excluding carboxylic acids is 1. The van der Waals surface area contributed by atoms with E-state index in [0.29, 0.717) is 11.7 Å². The van der Waals surface area contributed by atoms with E-state index < -0.39 is 0 Å². The molecule has 0 bridgehead atoms. The van der Waals surface area contributed by atoms with Crippen molar-refractivity contribution >= 4 is 11.7 Å². The Morgan fingerprint density at radius 3 is 2.59 bits per heavy atom. The fourth-order valence-electron chi connectivity index (χ4n) is 3.15. The van der Waals surface area contributed by atoms with Gasteiger partial charge in [-0.15, -0.1) is 0 Å². The number of rotatable bonds is 2. The Kier molecular flexibility index (Phi) is 4.43. The summed E-state index contributed by atoms with van der Waals surface area (Å²) in [6.07, 6.45) is 6.39. The molecule has 1 saturated heterocycles. The summed E-state index contributed by atoms with van der Waals surface area (Å²) >= 11 is 0. The number of hydrogen-bond acceptors (Lipinski definition) is 2. The lowest BCUT2D eigenvalue weighted by molar-refractivity contribution is 0.144. The molecule has 22 heavy (non-hydrogen) atoms. The van der Waals surface area contributed by atoms with Gasteiger partial charge in [0.1, 0.15) is 5.82 Å². The Hall–Kier alpha value is -1.88. The van der Waals surface area contributed by atoms with Crippen LogP contribution in [0.1, 0.15) is 18.4 Å². The summed E-state index contributed by atoms with van der Waals surface area (Å²) in [5.41, 5.74) is 1.42. The molecule has 5 heteroatoms. The zero-order valence-electron chi connectivity index (χ0n) is 12.9. The molecule has 0 aliphatic carbocycles. The van der Waals surface area contributed by atoms with Crippen molar-refractivity contribution in [3.63, 3.8) is 0 Å². The van der Waals surface area contributed by atoms with E-state index in [9.17, 15) is 9.18 Å². The van der Waals surface area contributed by atoms with E-state index in [-0.39, 0.29) is 11.8 Å². The minimum absolute atomic E-state index is 0.133. The molecule has 0 atom stereocenters. The summed E-state index contributed by atoms with van der Waals surface area (Å²) in [4.78, 5) is 16.6. The molecule has 0 aromatic heterocycles. The van der Waals surface area contributed by atoms with Crippen LogP contribution in [0.5, 0.6) is 0 Å². The van der Waals surface area contributed by atoms with E-state index in [2.05, 4.69) is 22.4 Å². The number of halogens is 1. The van der Waals surface area contributed by atoms with Crippen molar-refractivity contribution in [1.82, 2.24) is 9.80 Å². The number of amides is 2. The first-order valence-electron chi connectivity index (χ1n) is 7.84. The molecule has 118 valence electrons. The molecule has 0 unspecified atom stereocenters. The number of carbonyl (C=O) groups is 1. The number of aryl methyl sites for hydroxylation is 1. The largest absolute Gasteiger partial charge is 0.324 e. The quantitative estimate of drug-likeness (QED) is 0.853. The van der Waals surface area contributed by atoms with Gasteiger partial charge in [0.05, 0.1) is 0 Å². The molecule has 2 amide bonds. The third-order valence-electron chi connectivity index (χ3n) is 4.56. The highest BCUT2D eigenvalue weighted by atomic mass is 19.1. The van der Waals surface area contributed by atoms with Gasteiger partial charge in [0.25, 0.3) is 0 Å². The lowest BCUT2D eigenvalue weighted by Gasteiger charge is -2.36. The van der Waals surface area contributed by atoms with E-state index in [0.717, 1.165) is 44.6 Å². The first-order valence-corrected chi connectivity index (χ1v) is 7.84. The topological polar surface area (TPSA) is 35.6 Å². The van der Waals surface area contributed by atoms with E-state index >= 15 is 0 Å². The number of urea groups is 1.